The van der Waals surface area contributed by atoms with Crippen LogP contribution in [-0.2, 0) is 24.1 Å². The number of aliphatic carboxylic acids is 1. The van der Waals surface area contributed by atoms with Gasteiger partial charge in [0.25, 0.3) is 0 Å². The fourth-order valence-corrected chi connectivity index (χ4v) is 3.63. The standard InChI is InChI=1S/C19H20BrNO2/c20-16-8-6-15-12-17(9-7-14(15)11-16)21-18(19(22)23)10-13-4-2-1-3-5-13/h1-6,8,11,17-18,21H,7,9-10,12H2,(H,22,23)/t17?,18-/m1/s1. The summed E-state index contributed by atoms with van der Waals surface area (Å²) in [5.74, 6) is -0.782. The Morgan fingerprint density at radius 3 is 2.74 bits per heavy atom. The topological polar surface area (TPSA) is 49.3 Å². The predicted molar refractivity (Wildman–Crippen MR) is 94.7 cm³/mol. The molecule has 1 unspecified atom stereocenters. The van der Waals surface area contributed by atoms with Crippen LogP contribution in [0.1, 0.15) is 23.1 Å². The van der Waals surface area contributed by atoms with Gasteiger partial charge in [-0.3, -0.25) is 4.79 Å². The number of rotatable bonds is 5. The van der Waals surface area contributed by atoms with Gasteiger partial charge in [-0.15, -0.1) is 0 Å². The molecule has 0 saturated heterocycles. The molecule has 1 aliphatic rings. The second-order valence-electron chi connectivity index (χ2n) is 6.10. The van der Waals surface area contributed by atoms with Crippen LogP contribution in [-0.4, -0.2) is 23.2 Å². The molecule has 2 aromatic rings. The van der Waals surface area contributed by atoms with Crippen LogP contribution >= 0.6 is 15.9 Å². The second-order valence-corrected chi connectivity index (χ2v) is 7.02. The van der Waals surface area contributed by atoms with E-state index in [1.807, 2.05) is 30.3 Å². The minimum absolute atomic E-state index is 0.216. The van der Waals surface area contributed by atoms with Crippen molar-refractivity contribution >= 4 is 21.9 Å². The Morgan fingerprint density at radius 2 is 2.00 bits per heavy atom. The summed E-state index contributed by atoms with van der Waals surface area (Å²) in [5, 5.41) is 12.9. The number of aryl methyl sites for hydroxylation is 1. The molecular weight excluding hydrogens is 354 g/mol. The van der Waals surface area contributed by atoms with Gasteiger partial charge < -0.3 is 10.4 Å². The average Bonchev–Trinajstić information content (AvgIpc) is 2.55. The monoisotopic (exact) mass is 373 g/mol. The minimum atomic E-state index is -0.782. The van der Waals surface area contributed by atoms with Crippen LogP contribution in [0.3, 0.4) is 0 Å². The van der Waals surface area contributed by atoms with Gasteiger partial charge in [0.05, 0.1) is 0 Å². The van der Waals surface area contributed by atoms with E-state index in [1.165, 1.54) is 11.1 Å². The molecule has 0 heterocycles. The van der Waals surface area contributed by atoms with Crippen molar-refractivity contribution in [1.29, 1.82) is 0 Å². The van der Waals surface area contributed by atoms with Gasteiger partial charge in [0.15, 0.2) is 0 Å². The Balaban J connectivity index is 1.67. The van der Waals surface area contributed by atoms with E-state index in [0.717, 1.165) is 29.3 Å². The molecule has 0 radical (unpaired) electrons. The summed E-state index contributed by atoms with van der Waals surface area (Å²) >= 11 is 3.51. The van der Waals surface area contributed by atoms with Crippen LogP contribution in [0.25, 0.3) is 0 Å². The molecule has 1 aliphatic carbocycles. The Kier molecular flexibility index (Phi) is 5.13. The van der Waals surface area contributed by atoms with Crippen LogP contribution in [0.5, 0.6) is 0 Å². The van der Waals surface area contributed by atoms with Crippen molar-refractivity contribution < 1.29 is 9.90 Å². The molecule has 23 heavy (non-hydrogen) atoms. The van der Waals surface area contributed by atoms with Crippen molar-refractivity contribution in [1.82, 2.24) is 5.32 Å². The molecule has 3 nitrogen and oxygen atoms in total. The lowest BCUT2D eigenvalue weighted by Gasteiger charge is -2.28. The lowest BCUT2D eigenvalue weighted by Crippen LogP contribution is -2.46. The number of halogens is 1. The van der Waals surface area contributed by atoms with E-state index >= 15 is 0 Å². The lowest BCUT2D eigenvalue weighted by atomic mass is 9.87. The van der Waals surface area contributed by atoms with E-state index in [4.69, 9.17) is 0 Å². The number of carboxylic acids is 1. The maximum Gasteiger partial charge on any atom is 0.321 e. The molecule has 4 heteroatoms. The molecule has 0 fully saturated rings. The van der Waals surface area contributed by atoms with Gasteiger partial charge in [-0.2, -0.15) is 0 Å². The van der Waals surface area contributed by atoms with E-state index in [-0.39, 0.29) is 6.04 Å². The number of hydrogen-bond donors (Lipinski definition) is 2. The van der Waals surface area contributed by atoms with Crippen LogP contribution < -0.4 is 5.32 Å². The summed E-state index contributed by atoms with van der Waals surface area (Å²) in [6.45, 7) is 0. The van der Waals surface area contributed by atoms with Crippen LogP contribution in [0.15, 0.2) is 53.0 Å². The van der Waals surface area contributed by atoms with Gasteiger partial charge in [-0.25, -0.2) is 0 Å². The molecule has 0 aromatic heterocycles. The van der Waals surface area contributed by atoms with Gasteiger partial charge >= 0.3 is 5.97 Å². The highest BCUT2D eigenvalue weighted by atomic mass is 79.9. The van der Waals surface area contributed by atoms with E-state index in [9.17, 15) is 9.90 Å². The van der Waals surface area contributed by atoms with Crippen molar-refractivity contribution in [2.24, 2.45) is 0 Å². The molecular formula is C19H20BrNO2. The first-order valence-electron chi connectivity index (χ1n) is 7.92. The van der Waals surface area contributed by atoms with Gasteiger partial charge in [-0.05, 0) is 54.5 Å². The molecule has 2 aromatic carbocycles. The van der Waals surface area contributed by atoms with Crippen LogP contribution in [0.2, 0.25) is 0 Å². The molecule has 0 aliphatic heterocycles. The molecule has 3 rings (SSSR count). The summed E-state index contributed by atoms with van der Waals surface area (Å²) in [7, 11) is 0. The summed E-state index contributed by atoms with van der Waals surface area (Å²) in [6, 6.07) is 15.8. The Bertz CT molecular complexity index is 687. The number of carboxylic acid groups (broad SMARTS) is 1. The highest BCUT2D eigenvalue weighted by Gasteiger charge is 2.25. The third kappa shape index (κ3) is 4.21. The number of fused-ring (bicyclic) bond motifs is 1. The highest BCUT2D eigenvalue weighted by molar-refractivity contribution is 9.10. The molecule has 0 spiro atoms. The van der Waals surface area contributed by atoms with Crippen LogP contribution in [0.4, 0.5) is 0 Å². The first kappa shape index (κ1) is 16.2. The predicted octanol–water partition coefficient (Wildman–Crippen LogP) is 3.59. The Hall–Kier alpha value is -1.65. The molecule has 120 valence electrons. The minimum Gasteiger partial charge on any atom is -0.480 e. The maximum atomic E-state index is 11.6. The number of carbonyl (C=O) groups is 1. The van der Waals surface area contributed by atoms with Crippen molar-refractivity contribution in [2.75, 3.05) is 0 Å². The molecule has 0 amide bonds. The Labute approximate surface area is 144 Å². The lowest BCUT2D eigenvalue weighted by molar-refractivity contribution is -0.139. The third-order valence-corrected chi connectivity index (χ3v) is 4.91. The van der Waals surface area contributed by atoms with Crippen molar-refractivity contribution in [3.63, 3.8) is 0 Å². The highest BCUT2D eigenvalue weighted by Crippen LogP contribution is 2.25. The molecule has 2 atom stereocenters. The summed E-state index contributed by atoms with van der Waals surface area (Å²) in [6.07, 6.45) is 3.37. The normalized spacial score (nSPS) is 18.2. The number of benzene rings is 2. The van der Waals surface area contributed by atoms with E-state index in [2.05, 4.69) is 39.4 Å². The zero-order valence-electron chi connectivity index (χ0n) is 12.8. The number of hydrogen-bond acceptors (Lipinski definition) is 2. The summed E-state index contributed by atoms with van der Waals surface area (Å²) in [4.78, 5) is 11.6. The van der Waals surface area contributed by atoms with E-state index < -0.39 is 12.0 Å². The second kappa shape index (κ2) is 7.28. The largest absolute Gasteiger partial charge is 0.480 e. The first-order chi connectivity index (χ1) is 11.1. The van der Waals surface area contributed by atoms with Crippen molar-refractivity contribution in [3.05, 3.63) is 69.7 Å². The van der Waals surface area contributed by atoms with Gasteiger partial charge in [0.2, 0.25) is 0 Å². The number of nitrogens with one attached hydrogen (secondary N) is 1. The molecule has 0 saturated carbocycles. The smallest absolute Gasteiger partial charge is 0.321 e. The van der Waals surface area contributed by atoms with Crippen LogP contribution in [0, 0.1) is 0 Å². The van der Waals surface area contributed by atoms with Crippen molar-refractivity contribution in [2.45, 2.75) is 37.8 Å². The van der Waals surface area contributed by atoms with Gasteiger partial charge in [0.1, 0.15) is 6.04 Å². The summed E-state index contributed by atoms with van der Waals surface area (Å²) in [5.41, 5.74) is 3.74. The molecule has 0 bridgehead atoms. The van der Waals surface area contributed by atoms with Crippen molar-refractivity contribution in [3.8, 4) is 0 Å². The quantitative estimate of drug-likeness (QED) is 0.841. The summed E-state index contributed by atoms with van der Waals surface area (Å²) < 4.78 is 1.11. The zero-order chi connectivity index (χ0) is 16.2. The molecule has 2 N–H and O–H groups in total. The first-order valence-corrected chi connectivity index (χ1v) is 8.71. The third-order valence-electron chi connectivity index (χ3n) is 4.41. The zero-order valence-corrected chi connectivity index (χ0v) is 14.4. The fraction of sp³-hybridized carbons (Fsp3) is 0.316. The van der Waals surface area contributed by atoms with E-state index in [0.29, 0.717) is 6.42 Å². The fourth-order valence-electron chi connectivity index (χ4n) is 3.22. The van der Waals surface area contributed by atoms with Gasteiger partial charge in [0, 0.05) is 10.5 Å². The maximum absolute atomic E-state index is 11.6. The Morgan fingerprint density at radius 1 is 1.22 bits per heavy atom. The van der Waals surface area contributed by atoms with Gasteiger partial charge in [-0.1, -0.05) is 52.3 Å². The van der Waals surface area contributed by atoms with E-state index in [1.54, 1.807) is 0 Å². The SMILES string of the molecule is O=C(O)[C@@H](Cc1ccccc1)NC1CCc2cc(Br)ccc2C1. The average molecular weight is 374 g/mol.